The second-order valence-electron chi connectivity index (χ2n) is 3.35. The van der Waals surface area contributed by atoms with E-state index in [2.05, 4.69) is 21.1 Å². The molecule has 0 bridgehead atoms. The number of nitrogens with two attached hydrogens (primary N) is 1. The molecule has 0 aliphatic rings. The number of benzene rings is 1. The molecule has 0 unspecified atom stereocenters. The van der Waals surface area contributed by atoms with Gasteiger partial charge in [0.2, 0.25) is 0 Å². The molecule has 0 saturated heterocycles. The molecule has 0 radical (unpaired) electrons. The number of amidine groups is 1. The second-order valence-corrected chi connectivity index (χ2v) is 4.21. The van der Waals surface area contributed by atoms with Gasteiger partial charge in [-0.25, -0.2) is 4.39 Å². The number of oxime groups is 1. The fraction of sp³-hybridized carbons (Fsp3) is 0.200. The Balaban J connectivity index is 2.93. The van der Waals surface area contributed by atoms with Crippen molar-refractivity contribution in [1.29, 1.82) is 0 Å². The molecule has 0 spiro atoms. The first kappa shape index (κ1) is 13.4. The fourth-order valence-electron chi connectivity index (χ4n) is 1.22. The third-order valence-electron chi connectivity index (χ3n) is 2.06. The summed E-state index contributed by atoms with van der Waals surface area (Å²) in [5.41, 5.74) is 5.18. The highest BCUT2D eigenvalue weighted by Gasteiger charge is 2.18. The molecule has 0 aromatic heterocycles. The maximum atomic E-state index is 13.6. The average molecular weight is 304 g/mol. The monoisotopic (exact) mass is 303 g/mol. The molecule has 0 fully saturated rings. The van der Waals surface area contributed by atoms with E-state index in [0.717, 1.165) is 4.90 Å². The normalized spacial score (nSPS) is 11.4. The third kappa shape index (κ3) is 3.16. The van der Waals surface area contributed by atoms with Gasteiger partial charge in [-0.05, 0) is 28.1 Å². The number of carbonyl (C=O) groups is 1. The van der Waals surface area contributed by atoms with Gasteiger partial charge in [0.1, 0.15) is 5.82 Å². The molecule has 1 amide bonds. The molecular weight excluding hydrogens is 293 g/mol. The van der Waals surface area contributed by atoms with Crippen LogP contribution >= 0.6 is 15.9 Å². The Morgan fingerprint density at radius 3 is 2.88 bits per heavy atom. The van der Waals surface area contributed by atoms with Crippen molar-refractivity contribution in [1.82, 2.24) is 4.90 Å². The van der Waals surface area contributed by atoms with Crippen molar-refractivity contribution in [2.75, 3.05) is 13.6 Å². The van der Waals surface area contributed by atoms with Crippen LogP contribution in [0.3, 0.4) is 0 Å². The van der Waals surface area contributed by atoms with Gasteiger partial charge in [0.25, 0.3) is 5.91 Å². The lowest BCUT2D eigenvalue weighted by Gasteiger charge is -2.16. The molecule has 0 heterocycles. The van der Waals surface area contributed by atoms with Crippen LogP contribution in [-0.4, -0.2) is 35.4 Å². The van der Waals surface area contributed by atoms with Gasteiger partial charge in [-0.3, -0.25) is 4.79 Å². The molecule has 92 valence electrons. The van der Waals surface area contributed by atoms with E-state index in [1.807, 2.05) is 0 Å². The van der Waals surface area contributed by atoms with Crippen LogP contribution in [0, 0.1) is 5.82 Å². The maximum Gasteiger partial charge on any atom is 0.257 e. The summed E-state index contributed by atoms with van der Waals surface area (Å²) in [5, 5.41) is 11.1. The number of hydrogen-bond acceptors (Lipinski definition) is 3. The summed E-state index contributed by atoms with van der Waals surface area (Å²) in [6.45, 7) is -0.0821. The highest BCUT2D eigenvalue weighted by atomic mass is 79.9. The summed E-state index contributed by atoms with van der Waals surface area (Å²) in [5.74, 6) is -1.31. The van der Waals surface area contributed by atoms with E-state index < -0.39 is 11.7 Å². The molecule has 0 atom stereocenters. The molecule has 1 rings (SSSR count). The van der Waals surface area contributed by atoms with Gasteiger partial charge in [0.15, 0.2) is 5.84 Å². The summed E-state index contributed by atoms with van der Waals surface area (Å²) in [4.78, 5) is 13.0. The van der Waals surface area contributed by atoms with E-state index in [1.165, 1.54) is 19.2 Å². The fourth-order valence-corrected chi connectivity index (χ4v) is 1.59. The van der Waals surface area contributed by atoms with Gasteiger partial charge >= 0.3 is 0 Å². The standard InChI is InChI=1S/C10H11BrFN3O2/c1-15(5-8(13)14-17)10(16)6-3-2-4-7(11)9(6)12/h2-4,17H,5H2,1H3,(H2,13,14). The molecule has 1 aromatic carbocycles. The lowest BCUT2D eigenvalue weighted by atomic mass is 10.2. The van der Waals surface area contributed by atoms with Crippen LogP contribution in [0.1, 0.15) is 10.4 Å². The second kappa shape index (κ2) is 5.62. The van der Waals surface area contributed by atoms with Crippen LogP contribution in [0.2, 0.25) is 0 Å². The minimum atomic E-state index is -0.635. The first-order chi connectivity index (χ1) is 7.97. The Morgan fingerprint density at radius 1 is 1.65 bits per heavy atom. The van der Waals surface area contributed by atoms with Gasteiger partial charge in [-0.15, -0.1) is 0 Å². The first-order valence-corrected chi connectivity index (χ1v) is 5.42. The number of amides is 1. The third-order valence-corrected chi connectivity index (χ3v) is 2.67. The zero-order valence-electron chi connectivity index (χ0n) is 9.02. The highest BCUT2D eigenvalue weighted by molar-refractivity contribution is 9.10. The number of nitrogens with zero attached hydrogens (tertiary/aromatic N) is 2. The number of rotatable bonds is 3. The summed E-state index contributed by atoms with van der Waals surface area (Å²) in [6.07, 6.45) is 0. The van der Waals surface area contributed by atoms with Crippen molar-refractivity contribution in [3.63, 3.8) is 0 Å². The van der Waals surface area contributed by atoms with Crippen molar-refractivity contribution < 1.29 is 14.4 Å². The van der Waals surface area contributed by atoms with Crippen LogP contribution in [0.15, 0.2) is 27.8 Å². The van der Waals surface area contributed by atoms with Crippen molar-refractivity contribution in [3.8, 4) is 0 Å². The SMILES string of the molecule is CN(C/C(N)=N/O)C(=O)c1cccc(Br)c1F. The van der Waals surface area contributed by atoms with E-state index in [1.54, 1.807) is 6.07 Å². The number of halogens is 2. The summed E-state index contributed by atoms with van der Waals surface area (Å²) in [7, 11) is 1.43. The van der Waals surface area contributed by atoms with E-state index >= 15 is 0 Å². The van der Waals surface area contributed by atoms with E-state index in [-0.39, 0.29) is 22.4 Å². The van der Waals surface area contributed by atoms with Crippen molar-refractivity contribution >= 4 is 27.7 Å². The minimum Gasteiger partial charge on any atom is -0.409 e. The lowest BCUT2D eigenvalue weighted by molar-refractivity contribution is 0.0809. The zero-order valence-corrected chi connectivity index (χ0v) is 10.6. The summed E-state index contributed by atoms with van der Waals surface area (Å²) < 4.78 is 13.8. The average Bonchev–Trinajstić information content (AvgIpc) is 2.31. The van der Waals surface area contributed by atoms with Gasteiger partial charge < -0.3 is 15.8 Å². The number of likely N-dealkylation sites (N-methyl/N-ethyl adjacent to an activating group) is 1. The Kier molecular flexibility index (Phi) is 4.45. The van der Waals surface area contributed by atoms with Crippen LogP contribution in [0.5, 0.6) is 0 Å². The van der Waals surface area contributed by atoms with Crippen LogP contribution in [-0.2, 0) is 0 Å². The molecule has 7 heteroatoms. The van der Waals surface area contributed by atoms with E-state index in [9.17, 15) is 9.18 Å². The van der Waals surface area contributed by atoms with Crippen molar-refractivity contribution in [2.45, 2.75) is 0 Å². The Bertz CT molecular complexity index is 465. The first-order valence-electron chi connectivity index (χ1n) is 4.63. The van der Waals surface area contributed by atoms with Crippen molar-refractivity contribution in [2.24, 2.45) is 10.9 Å². The van der Waals surface area contributed by atoms with Gasteiger partial charge in [-0.1, -0.05) is 11.2 Å². The van der Waals surface area contributed by atoms with Crippen LogP contribution < -0.4 is 5.73 Å². The quantitative estimate of drug-likeness (QED) is 0.383. The molecule has 0 aliphatic carbocycles. The molecule has 0 aliphatic heterocycles. The van der Waals surface area contributed by atoms with Gasteiger partial charge in [-0.2, -0.15) is 0 Å². The van der Waals surface area contributed by atoms with Crippen LogP contribution in [0.25, 0.3) is 0 Å². The van der Waals surface area contributed by atoms with E-state index in [4.69, 9.17) is 10.9 Å². The molecule has 17 heavy (non-hydrogen) atoms. The topological polar surface area (TPSA) is 78.9 Å². The minimum absolute atomic E-state index is 0.0763. The summed E-state index contributed by atoms with van der Waals surface area (Å²) in [6, 6.07) is 4.42. The smallest absolute Gasteiger partial charge is 0.257 e. The molecule has 3 N–H and O–H groups in total. The number of hydrogen-bond donors (Lipinski definition) is 2. The van der Waals surface area contributed by atoms with Gasteiger partial charge in [0, 0.05) is 7.05 Å². The lowest BCUT2D eigenvalue weighted by Crippen LogP contribution is -2.36. The molecule has 5 nitrogen and oxygen atoms in total. The number of carbonyl (C=O) groups excluding carboxylic acids is 1. The predicted molar refractivity (Wildman–Crippen MR) is 64.5 cm³/mol. The largest absolute Gasteiger partial charge is 0.409 e. The van der Waals surface area contributed by atoms with Crippen molar-refractivity contribution in [3.05, 3.63) is 34.1 Å². The summed E-state index contributed by atoms with van der Waals surface area (Å²) >= 11 is 2.99. The predicted octanol–water partition coefficient (Wildman–Crippen LogP) is 1.41. The van der Waals surface area contributed by atoms with Crippen LogP contribution in [0.4, 0.5) is 4.39 Å². The van der Waals surface area contributed by atoms with E-state index in [0.29, 0.717) is 0 Å². The molecule has 1 aromatic rings. The highest BCUT2D eigenvalue weighted by Crippen LogP contribution is 2.19. The van der Waals surface area contributed by atoms with Gasteiger partial charge in [0.05, 0.1) is 16.6 Å². The molecule has 0 saturated carbocycles. The Hall–Kier alpha value is -1.63. The zero-order chi connectivity index (χ0) is 13.0. The Morgan fingerprint density at radius 2 is 2.29 bits per heavy atom. The Labute approximate surface area is 106 Å². The molecular formula is C10H11BrFN3O2. The maximum absolute atomic E-state index is 13.6.